The molecule has 1 heterocycles. The number of carbonyl (C=O) groups excluding carboxylic acids is 1. The summed E-state index contributed by atoms with van der Waals surface area (Å²) in [5, 5.41) is 12.2. The van der Waals surface area contributed by atoms with Gasteiger partial charge in [0.25, 0.3) is 0 Å². The minimum absolute atomic E-state index is 0.151. The van der Waals surface area contributed by atoms with Crippen LogP contribution in [-0.2, 0) is 16.1 Å². The van der Waals surface area contributed by atoms with E-state index in [-0.39, 0.29) is 5.91 Å². The largest absolute Gasteiger partial charge is 0.481 e. The number of aliphatic carboxylic acids is 1. The number of amides is 1. The van der Waals surface area contributed by atoms with Crippen molar-refractivity contribution in [2.45, 2.75) is 39.7 Å². The Balaban J connectivity index is 1.99. The number of aromatic nitrogens is 1. The van der Waals surface area contributed by atoms with Crippen molar-refractivity contribution in [2.75, 3.05) is 0 Å². The standard InChI is InChI=1S/C16H22N2O3/c1-3-11-6-13(14(7-11)16(20)21)15(19)18-9-12-8-17-5-4-10(12)2/h4-5,8,11,13-14H,3,6-7,9H2,1-2H3,(H,18,19)(H,20,21). The number of nitrogens with zero attached hydrogens (tertiary/aromatic N) is 1. The first-order valence-corrected chi connectivity index (χ1v) is 7.43. The van der Waals surface area contributed by atoms with Crippen LogP contribution in [0.15, 0.2) is 18.5 Å². The fourth-order valence-electron chi connectivity index (χ4n) is 3.03. The van der Waals surface area contributed by atoms with Gasteiger partial charge in [-0.05, 0) is 42.9 Å². The van der Waals surface area contributed by atoms with Crippen LogP contribution in [0.25, 0.3) is 0 Å². The highest BCUT2D eigenvalue weighted by Gasteiger charge is 2.41. The Kier molecular flexibility index (Phi) is 4.94. The van der Waals surface area contributed by atoms with E-state index in [0.29, 0.717) is 25.3 Å². The summed E-state index contributed by atoms with van der Waals surface area (Å²) in [6, 6.07) is 1.89. The fourth-order valence-corrected chi connectivity index (χ4v) is 3.03. The zero-order chi connectivity index (χ0) is 15.4. The van der Waals surface area contributed by atoms with Crippen molar-refractivity contribution in [3.05, 3.63) is 29.6 Å². The molecule has 0 radical (unpaired) electrons. The van der Waals surface area contributed by atoms with Gasteiger partial charge in [0.1, 0.15) is 0 Å². The van der Waals surface area contributed by atoms with Crippen LogP contribution in [0.4, 0.5) is 0 Å². The molecule has 1 aromatic heterocycles. The molecule has 1 fully saturated rings. The van der Waals surface area contributed by atoms with E-state index in [0.717, 1.165) is 17.5 Å². The topological polar surface area (TPSA) is 79.3 Å². The van der Waals surface area contributed by atoms with Gasteiger partial charge in [0.05, 0.1) is 11.8 Å². The number of rotatable bonds is 5. The number of hydrogen-bond acceptors (Lipinski definition) is 3. The minimum atomic E-state index is -0.858. The Labute approximate surface area is 124 Å². The number of carbonyl (C=O) groups is 2. The van der Waals surface area contributed by atoms with Gasteiger partial charge in [-0.25, -0.2) is 0 Å². The molecule has 3 atom stereocenters. The lowest BCUT2D eigenvalue weighted by Gasteiger charge is -2.16. The fraction of sp³-hybridized carbons (Fsp3) is 0.562. The second kappa shape index (κ2) is 6.70. The summed E-state index contributed by atoms with van der Waals surface area (Å²) in [6.45, 7) is 4.41. The molecular formula is C16H22N2O3. The quantitative estimate of drug-likeness (QED) is 0.870. The van der Waals surface area contributed by atoms with E-state index in [2.05, 4.69) is 10.3 Å². The first kappa shape index (κ1) is 15.5. The van der Waals surface area contributed by atoms with Crippen LogP contribution in [0.2, 0.25) is 0 Å². The molecule has 0 aromatic carbocycles. The van der Waals surface area contributed by atoms with Crippen LogP contribution >= 0.6 is 0 Å². The molecule has 1 amide bonds. The normalized spacial score (nSPS) is 24.8. The van der Waals surface area contributed by atoms with Crippen molar-refractivity contribution in [3.8, 4) is 0 Å². The van der Waals surface area contributed by atoms with Crippen LogP contribution in [0.5, 0.6) is 0 Å². The highest BCUT2D eigenvalue weighted by atomic mass is 16.4. The predicted octanol–water partition coefficient (Wildman–Crippen LogP) is 2.14. The third kappa shape index (κ3) is 3.60. The summed E-state index contributed by atoms with van der Waals surface area (Å²) in [4.78, 5) is 27.7. The highest BCUT2D eigenvalue weighted by Crippen LogP contribution is 2.38. The molecule has 0 saturated heterocycles. The van der Waals surface area contributed by atoms with E-state index >= 15 is 0 Å². The molecule has 114 valence electrons. The van der Waals surface area contributed by atoms with E-state index in [4.69, 9.17) is 0 Å². The van der Waals surface area contributed by atoms with Crippen LogP contribution < -0.4 is 5.32 Å². The SMILES string of the molecule is CCC1CC(C(=O)O)C(C(=O)NCc2cnccc2C)C1. The molecular weight excluding hydrogens is 268 g/mol. The van der Waals surface area contributed by atoms with Crippen LogP contribution in [0, 0.1) is 24.7 Å². The number of carboxylic acid groups (broad SMARTS) is 1. The maximum atomic E-state index is 12.3. The Morgan fingerprint density at radius 1 is 1.38 bits per heavy atom. The lowest BCUT2D eigenvalue weighted by atomic mass is 9.95. The minimum Gasteiger partial charge on any atom is -0.481 e. The zero-order valence-electron chi connectivity index (χ0n) is 12.5. The van der Waals surface area contributed by atoms with E-state index < -0.39 is 17.8 Å². The van der Waals surface area contributed by atoms with Crippen molar-refractivity contribution in [1.82, 2.24) is 10.3 Å². The molecule has 1 aliphatic rings. The van der Waals surface area contributed by atoms with Crippen molar-refractivity contribution < 1.29 is 14.7 Å². The van der Waals surface area contributed by atoms with Crippen molar-refractivity contribution in [3.63, 3.8) is 0 Å². The van der Waals surface area contributed by atoms with Gasteiger partial charge in [-0.3, -0.25) is 14.6 Å². The van der Waals surface area contributed by atoms with Gasteiger partial charge < -0.3 is 10.4 Å². The molecule has 5 nitrogen and oxygen atoms in total. The van der Waals surface area contributed by atoms with Crippen LogP contribution in [0.3, 0.4) is 0 Å². The lowest BCUT2D eigenvalue weighted by Crippen LogP contribution is -2.35. The monoisotopic (exact) mass is 290 g/mol. The summed E-state index contributed by atoms with van der Waals surface area (Å²) in [5.41, 5.74) is 2.03. The van der Waals surface area contributed by atoms with Gasteiger partial charge in [-0.15, -0.1) is 0 Å². The Morgan fingerprint density at radius 2 is 2.10 bits per heavy atom. The summed E-state index contributed by atoms with van der Waals surface area (Å²) in [5.74, 6) is -1.64. The molecule has 3 unspecified atom stereocenters. The van der Waals surface area contributed by atoms with E-state index in [1.54, 1.807) is 12.4 Å². The first-order chi connectivity index (χ1) is 10.0. The number of nitrogens with one attached hydrogen (secondary N) is 1. The Morgan fingerprint density at radius 3 is 2.71 bits per heavy atom. The van der Waals surface area contributed by atoms with E-state index in [1.165, 1.54) is 0 Å². The van der Waals surface area contributed by atoms with E-state index in [9.17, 15) is 14.7 Å². The highest BCUT2D eigenvalue weighted by molar-refractivity contribution is 5.85. The van der Waals surface area contributed by atoms with Gasteiger partial charge in [0.15, 0.2) is 0 Å². The second-order valence-corrected chi connectivity index (χ2v) is 5.82. The number of carboxylic acids is 1. The molecule has 2 N–H and O–H groups in total. The van der Waals surface area contributed by atoms with E-state index in [1.807, 2.05) is 19.9 Å². The van der Waals surface area contributed by atoms with Crippen LogP contribution in [-0.4, -0.2) is 22.0 Å². The smallest absolute Gasteiger partial charge is 0.307 e. The first-order valence-electron chi connectivity index (χ1n) is 7.43. The number of aryl methyl sites for hydroxylation is 1. The predicted molar refractivity (Wildman–Crippen MR) is 78.5 cm³/mol. The molecule has 5 heteroatoms. The second-order valence-electron chi connectivity index (χ2n) is 5.82. The third-order valence-electron chi connectivity index (χ3n) is 4.49. The maximum Gasteiger partial charge on any atom is 0.307 e. The average molecular weight is 290 g/mol. The molecule has 1 aliphatic carbocycles. The molecule has 0 bridgehead atoms. The van der Waals surface area contributed by atoms with Gasteiger partial charge in [0, 0.05) is 18.9 Å². The summed E-state index contributed by atoms with van der Waals surface area (Å²) >= 11 is 0. The van der Waals surface area contributed by atoms with Gasteiger partial charge in [-0.2, -0.15) is 0 Å². The van der Waals surface area contributed by atoms with Crippen LogP contribution in [0.1, 0.15) is 37.3 Å². The average Bonchev–Trinajstić information content (AvgIpc) is 2.90. The third-order valence-corrected chi connectivity index (χ3v) is 4.49. The molecule has 1 saturated carbocycles. The number of pyridine rings is 1. The molecule has 2 rings (SSSR count). The van der Waals surface area contributed by atoms with Crippen molar-refractivity contribution in [2.24, 2.45) is 17.8 Å². The maximum absolute atomic E-state index is 12.3. The summed E-state index contributed by atoms with van der Waals surface area (Å²) < 4.78 is 0. The zero-order valence-corrected chi connectivity index (χ0v) is 12.5. The Bertz CT molecular complexity index is 530. The van der Waals surface area contributed by atoms with Crippen molar-refractivity contribution in [1.29, 1.82) is 0 Å². The molecule has 21 heavy (non-hydrogen) atoms. The molecule has 1 aromatic rings. The van der Waals surface area contributed by atoms with Crippen molar-refractivity contribution >= 4 is 11.9 Å². The summed E-state index contributed by atoms with van der Waals surface area (Å²) in [7, 11) is 0. The summed E-state index contributed by atoms with van der Waals surface area (Å²) in [6.07, 6.45) is 5.65. The molecule has 0 aliphatic heterocycles. The lowest BCUT2D eigenvalue weighted by molar-refractivity contribution is -0.146. The number of hydrogen-bond donors (Lipinski definition) is 2. The van der Waals surface area contributed by atoms with Gasteiger partial charge in [-0.1, -0.05) is 13.3 Å². The van der Waals surface area contributed by atoms with Gasteiger partial charge >= 0.3 is 5.97 Å². The molecule has 0 spiro atoms. The Hall–Kier alpha value is -1.91. The van der Waals surface area contributed by atoms with Gasteiger partial charge in [0.2, 0.25) is 5.91 Å².